The normalized spacial score (nSPS) is 31.4. The molecule has 0 aromatic heterocycles. The standard InChI is InChI=1S/C20H26N2O3S/c1-24-16-4-3-15(8-17(16)25-2)21-19(26)22-18(23)20-9-12-5-13(10-20)7-14(6-12)11-20/h3-4,8,12-14H,5-7,9-11H2,1-2H3,(H2,21,22,23,26). The lowest BCUT2D eigenvalue weighted by atomic mass is 9.49. The summed E-state index contributed by atoms with van der Waals surface area (Å²) < 4.78 is 10.6. The van der Waals surface area contributed by atoms with Crippen LogP contribution in [-0.2, 0) is 4.79 Å². The smallest absolute Gasteiger partial charge is 0.232 e. The number of anilines is 1. The molecule has 140 valence electrons. The van der Waals surface area contributed by atoms with Gasteiger partial charge in [0, 0.05) is 11.8 Å². The fourth-order valence-electron chi connectivity index (χ4n) is 5.70. The van der Waals surface area contributed by atoms with Gasteiger partial charge in [0.25, 0.3) is 0 Å². The van der Waals surface area contributed by atoms with E-state index in [0.29, 0.717) is 16.6 Å². The number of hydrogen-bond donors (Lipinski definition) is 2. The van der Waals surface area contributed by atoms with Crippen molar-refractivity contribution in [2.45, 2.75) is 38.5 Å². The van der Waals surface area contributed by atoms with Gasteiger partial charge in [-0.05, 0) is 80.6 Å². The van der Waals surface area contributed by atoms with Gasteiger partial charge < -0.3 is 20.1 Å². The van der Waals surface area contributed by atoms with E-state index in [1.165, 1.54) is 19.3 Å². The molecule has 26 heavy (non-hydrogen) atoms. The average Bonchev–Trinajstić information content (AvgIpc) is 2.60. The van der Waals surface area contributed by atoms with Crippen LogP contribution < -0.4 is 20.1 Å². The van der Waals surface area contributed by atoms with Gasteiger partial charge in [0.2, 0.25) is 5.91 Å². The van der Waals surface area contributed by atoms with Gasteiger partial charge in [-0.1, -0.05) is 0 Å². The monoisotopic (exact) mass is 374 g/mol. The van der Waals surface area contributed by atoms with E-state index in [4.69, 9.17) is 21.7 Å². The van der Waals surface area contributed by atoms with Crippen molar-refractivity contribution < 1.29 is 14.3 Å². The van der Waals surface area contributed by atoms with Gasteiger partial charge >= 0.3 is 0 Å². The number of hydrogen-bond acceptors (Lipinski definition) is 4. The Labute approximate surface area is 159 Å². The van der Waals surface area contributed by atoms with Gasteiger partial charge in [-0.3, -0.25) is 4.79 Å². The lowest BCUT2D eigenvalue weighted by Crippen LogP contribution is -2.55. The van der Waals surface area contributed by atoms with Crippen LogP contribution in [0.4, 0.5) is 5.69 Å². The Bertz CT molecular complexity index is 698. The van der Waals surface area contributed by atoms with Crippen molar-refractivity contribution in [2.24, 2.45) is 23.2 Å². The van der Waals surface area contributed by atoms with Gasteiger partial charge in [0.1, 0.15) is 0 Å². The van der Waals surface area contributed by atoms with Crippen LogP contribution in [0.1, 0.15) is 38.5 Å². The van der Waals surface area contributed by atoms with Crippen molar-refractivity contribution in [3.63, 3.8) is 0 Å². The minimum atomic E-state index is -0.196. The number of ether oxygens (including phenoxy) is 2. The number of methoxy groups -OCH3 is 2. The van der Waals surface area contributed by atoms with Crippen LogP contribution in [0.2, 0.25) is 0 Å². The second-order valence-corrected chi connectivity index (χ2v) is 8.58. The highest BCUT2D eigenvalue weighted by Gasteiger charge is 2.54. The molecule has 0 unspecified atom stereocenters. The zero-order valence-corrected chi connectivity index (χ0v) is 16.2. The van der Waals surface area contributed by atoms with E-state index in [1.807, 2.05) is 18.2 Å². The third-order valence-corrected chi connectivity index (χ3v) is 6.59. The molecule has 0 heterocycles. The molecule has 4 fully saturated rings. The average molecular weight is 375 g/mol. The van der Waals surface area contributed by atoms with E-state index >= 15 is 0 Å². The van der Waals surface area contributed by atoms with Gasteiger partial charge in [-0.2, -0.15) is 0 Å². The molecule has 4 bridgehead atoms. The quantitative estimate of drug-likeness (QED) is 0.787. The number of carbonyl (C=O) groups excluding carboxylic acids is 1. The first-order valence-corrected chi connectivity index (χ1v) is 9.76. The fourth-order valence-corrected chi connectivity index (χ4v) is 5.91. The number of rotatable bonds is 4. The molecule has 4 aliphatic rings. The molecule has 4 aliphatic carbocycles. The fraction of sp³-hybridized carbons (Fsp3) is 0.600. The Kier molecular flexibility index (Phi) is 4.55. The first-order valence-electron chi connectivity index (χ1n) is 9.36. The first kappa shape index (κ1) is 17.6. The second kappa shape index (κ2) is 6.72. The lowest BCUT2D eigenvalue weighted by Gasteiger charge is -2.55. The number of carbonyl (C=O) groups is 1. The summed E-state index contributed by atoms with van der Waals surface area (Å²) in [5, 5.41) is 6.40. The van der Waals surface area contributed by atoms with Gasteiger partial charge in [0.15, 0.2) is 16.6 Å². The third kappa shape index (κ3) is 3.15. The topological polar surface area (TPSA) is 59.6 Å². The number of benzene rings is 1. The van der Waals surface area contributed by atoms with E-state index in [-0.39, 0.29) is 11.3 Å². The van der Waals surface area contributed by atoms with Crippen molar-refractivity contribution in [1.29, 1.82) is 0 Å². The van der Waals surface area contributed by atoms with E-state index < -0.39 is 0 Å². The molecule has 5 rings (SSSR count). The predicted octanol–water partition coefficient (Wildman–Crippen LogP) is 3.73. The van der Waals surface area contributed by atoms with Crippen LogP contribution in [0.5, 0.6) is 11.5 Å². The molecule has 1 aromatic carbocycles. The summed E-state index contributed by atoms with van der Waals surface area (Å²) in [5.41, 5.74) is 0.566. The molecule has 5 nitrogen and oxygen atoms in total. The molecule has 0 aliphatic heterocycles. The highest BCUT2D eigenvalue weighted by atomic mass is 32.1. The van der Waals surface area contributed by atoms with Crippen LogP contribution >= 0.6 is 12.2 Å². The van der Waals surface area contributed by atoms with E-state index in [2.05, 4.69) is 10.6 Å². The van der Waals surface area contributed by atoms with Crippen LogP contribution in [0.15, 0.2) is 18.2 Å². The van der Waals surface area contributed by atoms with Gasteiger partial charge in [-0.15, -0.1) is 0 Å². The molecular weight excluding hydrogens is 348 g/mol. The zero-order valence-electron chi connectivity index (χ0n) is 15.3. The zero-order chi connectivity index (χ0) is 18.3. The summed E-state index contributed by atoms with van der Waals surface area (Å²) >= 11 is 5.39. The molecule has 6 heteroatoms. The summed E-state index contributed by atoms with van der Waals surface area (Å²) in [6.45, 7) is 0. The third-order valence-electron chi connectivity index (χ3n) is 6.39. The minimum Gasteiger partial charge on any atom is -0.493 e. The van der Waals surface area contributed by atoms with E-state index in [9.17, 15) is 4.79 Å². The van der Waals surface area contributed by atoms with Crippen LogP contribution in [0, 0.1) is 23.2 Å². The maximum Gasteiger partial charge on any atom is 0.232 e. The molecule has 1 amide bonds. The SMILES string of the molecule is COc1ccc(NC(=S)NC(=O)C23CC4CC(CC(C4)C2)C3)cc1OC. The lowest BCUT2D eigenvalue weighted by molar-refractivity contribution is -0.144. The molecule has 0 saturated heterocycles. The van der Waals surface area contributed by atoms with Crippen molar-refractivity contribution in [3.05, 3.63) is 18.2 Å². The Morgan fingerprint density at radius 1 is 1.04 bits per heavy atom. The Morgan fingerprint density at radius 2 is 1.62 bits per heavy atom. The molecule has 0 spiro atoms. The van der Waals surface area contributed by atoms with Crippen LogP contribution in [0.25, 0.3) is 0 Å². The van der Waals surface area contributed by atoms with Crippen molar-refractivity contribution in [1.82, 2.24) is 5.32 Å². The van der Waals surface area contributed by atoms with Crippen molar-refractivity contribution in [3.8, 4) is 11.5 Å². The molecule has 4 saturated carbocycles. The maximum atomic E-state index is 13.0. The Balaban J connectivity index is 1.41. The largest absolute Gasteiger partial charge is 0.493 e. The van der Waals surface area contributed by atoms with Crippen molar-refractivity contribution >= 4 is 28.9 Å². The summed E-state index contributed by atoms with van der Waals surface area (Å²) in [5.74, 6) is 3.59. The first-order chi connectivity index (χ1) is 12.5. The molecule has 0 atom stereocenters. The van der Waals surface area contributed by atoms with E-state index in [1.54, 1.807) is 14.2 Å². The summed E-state index contributed by atoms with van der Waals surface area (Å²) in [6.07, 6.45) is 7.06. The van der Waals surface area contributed by atoms with Crippen LogP contribution in [0.3, 0.4) is 0 Å². The molecule has 0 radical (unpaired) electrons. The van der Waals surface area contributed by atoms with Gasteiger partial charge in [-0.25, -0.2) is 0 Å². The minimum absolute atomic E-state index is 0.106. The second-order valence-electron chi connectivity index (χ2n) is 8.18. The number of amides is 1. The maximum absolute atomic E-state index is 13.0. The number of nitrogens with one attached hydrogen (secondary N) is 2. The molecule has 1 aromatic rings. The van der Waals surface area contributed by atoms with Crippen molar-refractivity contribution in [2.75, 3.05) is 19.5 Å². The van der Waals surface area contributed by atoms with E-state index in [0.717, 1.165) is 42.7 Å². The summed E-state index contributed by atoms with van der Waals surface area (Å²) in [7, 11) is 3.19. The summed E-state index contributed by atoms with van der Waals surface area (Å²) in [4.78, 5) is 13.0. The highest BCUT2D eigenvalue weighted by molar-refractivity contribution is 7.80. The van der Waals surface area contributed by atoms with Crippen LogP contribution in [-0.4, -0.2) is 25.2 Å². The summed E-state index contributed by atoms with van der Waals surface area (Å²) in [6, 6.07) is 5.47. The molecule has 2 N–H and O–H groups in total. The number of thiocarbonyl (C=S) groups is 1. The molecular formula is C20H26N2O3S. The van der Waals surface area contributed by atoms with Gasteiger partial charge in [0.05, 0.1) is 19.6 Å². The Hall–Kier alpha value is -1.82. The highest BCUT2D eigenvalue weighted by Crippen LogP contribution is 2.60. The predicted molar refractivity (Wildman–Crippen MR) is 105 cm³/mol. The Morgan fingerprint density at radius 3 is 2.15 bits per heavy atom.